The van der Waals surface area contributed by atoms with Gasteiger partial charge >= 0.3 is 5.97 Å². The molecule has 0 amide bonds. The molecule has 0 spiro atoms. The highest BCUT2D eigenvalue weighted by molar-refractivity contribution is 6.40. The SMILES string of the molecule is O=C(c1ccc(Cl)cc1)[14C](=O)O. The molecule has 3 nitrogen and oxygen atoms in total. The molecule has 12 heavy (non-hydrogen) atoms. The van der Waals surface area contributed by atoms with Crippen LogP contribution in [0.15, 0.2) is 24.3 Å². The molecule has 0 saturated heterocycles. The third kappa shape index (κ3) is 1.83. The molecule has 0 radical (unpaired) electrons. The Balaban J connectivity index is 2.98. The van der Waals surface area contributed by atoms with Crippen LogP contribution in [0, 0.1) is 0 Å². The number of aliphatic carboxylic acids is 1. The van der Waals surface area contributed by atoms with Gasteiger partial charge in [-0.05, 0) is 24.3 Å². The third-order valence-electron chi connectivity index (χ3n) is 1.30. The quantitative estimate of drug-likeness (QED) is 0.564. The van der Waals surface area contributed by atoms with Crippen LogP contribution >= 0.6 is 11.6 Å². The van der Waals surface area contributed by atoms with Crippen molar-refractivity contribution >= 4 is 23.4 Å². The lowest BCUT2D eigenvalue weighted by Crippen LogP contribution is -2.12. The van der Waals surface area contributed by atoms with Crippen molar-refractivity contribution in [3.63, 3.8) is 0 Å². The standard InChI is InChI=1S/C8H5ClO3/c9-6-3-1-5(2-4-6)7(10)8(11)12/h1-4H,(H,11,12)/i8+2. The van der Waals surface area contributed by atoms with Gasteiger partial charge in [-0.3, -0.25) is 4.79 Å². The van der Waals surface area contributed by atoms with E-state index in [1.807, 2.05) is 0 Å². The van der Waals surface area contributed by atoms with E-state index < -0.39 is 11.8 Å². The molecular weight excluding hydrogens is 182 g/mol. The van der Waals surface area contributed by atoms with Crippen LogP contribution in [0.25, 0.3) is 0 Å². The Hall–Kier alpha value is -1.35. The fourth-order valence-corrected chi connectivity index (χ4v) is 0.851. The average molecular weight is 187 g/mol. The van der Waals surface area contributed by atoms with E-state index in [-0.39, 0.29) is 5.56 Å². The molecule has 4 heteroatoms. The zero-order valence-electron chi connectivity index (χ0n) is 5.95. The van der Waals surface area contributed by atoms with Crippen molar-refractivity contribution in [2.45, 2.75) is 0 Å². The smallest absolute Gasteiger partial charge is 0.377 e. The summed E-state index contributed by atoms with van der Waals surface area (Å²) in [4.78, 5) is 21.0. The summed E-state index contributed by atoms with van der Waals surface area (Å²) in [7, 11) is 0. The number of hydrogen-bond acceptors (Lipinski definition) is 2. The summed E-state index contributed by atoms with van der Waals surface area (Å²) in [5, 5.41) is 8.79. The maximum atomic E-state index is 10.8. The van der Waals surface area contributed by atoms with Crippen LogP contribution in [-0.4, -0.2) is 16.9 Å². The normalized spacial score (nSPS) is 9.42. The number of carbonyl (C=O) groups is 2. The topological polar surface area (TPSA) is 54.4 Å². The van der Waals surface area contributed by atoms with E-state index in [4.69, 9.17) is 16.7 Å². The number of halogens is 1. The number of benzene rings is 1. The van der Waals surface area contributed by atoms with Gasteiger partial charge < -0.3 is 5.11 Å². The van der Waals surface area contributed by atoms with E-state index in [1.165, 1.54) is 24.3 Å². The summed E-state index contributed by atoms with van der Waals surface area (Å²) >= 11 is 5.54. The number of carbonyl (C=O) groups excluding carboxylic acids is 1. The summed E-state index contributed by atoms with van der Waals surface area (Å²) in [5.41, 5.74) is 0.131. The molecule has 1 aromatic carbocycles. The first-order valence-electron chi connectivity index (χ1n) is 3.14. The predicted octanol–water partition coefficient (Wildman–Crippen LogP) is 1.61. The summed E-state index contributed by atoms with van der Waals surface area (Å²) < 4.78 is 0. The van der Waals surface area contributed by atoms with Gasteiger partial charge in [0.15, 0.2) is 0 Å². The zero-order chi connectivity index (χ0) is 9.14. The molecule has 0 aliphatic carbocycles. The molecule has 0 aromatic heterocycles. The van der Waals surface area contributed by atoms with Crippen LogP contribution < -0.4 is 0 Å². The van der Waals surface area contributed by atoms with Crippen LogP contribution in [0.2, 0.25) is 5.02 Å². The van der Waals surface area contributed by atoms with Crippen LogP contribution in [-0.2, 0) is 4.79 Å². The molecular formula is C8H5ClO3. The third-order valence-corrected chi connectivity index (χ3v) is 1.55. The first-order chi connectivity index (χ1) is 5.61. The van der Waals surface area contributed by atoms with Crippen molar-refractivity contribution in [1.82, 2.24) is 0 Å². The molecule has 62 valence electrons. The van der Waals surface area contributed by atoms with Gasteiger partial charge in [-0.15, -0.1) is 0 Å². The minimum atomic E-state index is -1.46. The number of carboxylic acid groups (broad SMARTS) is 1. The van der Waals surface area contributed by atoms with Crippen molar-refractivity contribution in [3.05, 3.63) is 34.9 Å². The van der Waals surface area contributed by atoms with Crippen molar-refractivity contribution in [2.75, 3.05) is 0 Å². The Bertz CT molecular complexity index is 316. The molecule has 0 unspecified atom stereocenters. The second kappa shape index (κ2) is 3.36. The number of hydrogen-bond donors (Lipinski definition) is 1. The van der Waals surface area contributed by atoms with Crippen molar-refractivity contribution in [3.8, 4) is 0 Å². The lowest BCUT2D eigenvalue weighted by molar-refractivity contribution is -0.131. The van der Waals surface area contributed by atoms with Gasteiger partial charge in [-0.2, -0.15) is 0 Å². The Morgan fingerprint density at radius 2 is 1.83 bits per heavy atom. The molecule has 0 aliphatic rings. The second-order valence-electron chi connectivity index (χ2n) is 2.14. The first-order valence-corrected chi connectivity index (χ1v) is 3.52. The minimum absolute atomic E-state index is 0.131. The lowest BCUT2D eigenvalue weighted by atomic mass is 10.2. The van der Waals surface area contributed by atoms with E-state index >= 15 is 0 Å². The fourth-order valence-electron chi connectivity index (χ4n) is 0.725. The Labute approximate surface area is 73.6 Å². The lowest BCUT2D eigenvalue weighted by Gasteiger charge is -1.94. The van der Waals surface area contributed by atoms with E-state index in [1.54, 1.807) is 0 Å². The molecule has 0 fully saturated rings. The second-order valence-corrected chi connectivity index (χ2v) is 2.58. The van der Waals surface area contributed by atoms with Gasteiger partial charge in [0.05, 0.1) is 0 Å². The van der Waals surface area contributed by atoms with E-state index in [0.29, 0.717) is 5.02 Å². The Morgan fingerprint density at radius 3 is 2.25 bits per heavy atom. The largest absolute Gasteiger partial charge is 0.475 e. The summed E-state index contributed by atoms with van der Waals surface area (Å²) in [6, 6.07) is 5.69. The maximum absolute atomic E-state index is 10.8. The Kier molecular flexibility index (Phi) is 2.45. The van der Waals surface area contributed by atoms with Gasteiger partial charge in [0.1, 0.15) is 0 Å². The van der Waals surface area contributed by atoms with Crippen LogP contribution in [0.5, 0.6) is 0 Å². The van der Waals surface area contributed by atoms with Crippen LogP contribution in [0.4, 0.5) is 0 Å². The van der Waals surface area contributed by atoms with Gasteiger partial charge in [-0.1, -0.05) is 11.6 Å². The number of carboxylic acids is 1. The number of rotatable bonds is 2. The summed E-state index contributed by atoms with van der Waals surface area (Å²) in [6.45, 7) is 0. The number of ketones is 1. The Morgan fingerprint density at radius 1 is 1.33 bits per heavy atom. The zero-order valence-corrected chi connectivity index (χ0v) is 6.71. The van der Waals surface area contributed by atoms with Crippen molar-refractivity contribution in [1.29, 1.82) is 0 Å². The summed E-state index contributed by atoms with van der Waals surface area (Å²) in [5.74, 6) is -2.39. The van der Waals surface area contributed by atoms with Gasteiger partial charge in [0.2, 0.25) is 0 Å². The van der Waals surface area contributed by atoms with Crippen LogP contribution in [0.1, 0.15) is 10.4 Å². The fraction of sp³-hybridized carbons (Fsp3) is 0. The molecule has 1 rings (SSSR count). The molecule has 1 aromatic rings. The molecule has 0 bridgehead atoms. The monoisotopic (exact) mass is 186 g/mol. The highest BCUT2D eigenvalue weighted by atomic mass is 35.5. The minimum Gasteiger partial charge on any atom is -0.475 e. The highest BCUT2D eigenvalue weighted by Crippen LogP contribution is 2.09. The summed E-state index contributed by atoms with van der Waals surface area (Å²) in [6.07, 6.45) is 0. The molecule has 0 saturated carbocycles. The van der Waals surface area contributed by atoms with Gasteiger partial charge in [0, 0.05) is 10.6 Å². The highest BCUT2D eigenvalue weighted by Gasteiger charge is 2.13. The van der Waals surface area contributed by atoms with E-state index in [9.17, 15) is 9.59 Å². The molecule has 0 atom stereocenters. The molecule has 1 N–H and O–H groups in total. The molecule has 0 aliphatic heterocycles. The van der Waals surface area contributed by atoms with Gasteiger partial charge in [-0.25, -0.2) is 4.79 Å². The first kappa shape index (κ1) is 8.74. The molecule has 0 heterocycles. The van der Waals surface area contributed by atoms with E-state index in [2.05, 4.69) is 0 Å². The van der Waals surface area contributed by atoms with Crippen molar-refractivity contribution < 1.29 is 14.7 Å². The van der Waals surface area contributed by atoms with Gasteiger partial charge in [0.25, 0.3) is 5.78 Å². The maximum Gasteiger partial charge on any atom is 0.377 e. The predicted molar refractivity (Wildman–Crippen MR) is 43.4 cm³/mol. The van der Waals surface area contributed by atoms with Crippen LogP contribution in [0.3, 0.4) is 0 Å². The van der Waals surface area contributed by atoms with Crippen molar-refractivity contribution in [2.24, 2.45) is 0 Å². The number of Topliss-reactive ketones (excluding diaryl/α,β-unsaturated/α-hetero) is 1. The van der Waals surface area contributed by atoms with E-state index in [0.717, 1.165) is 0 Å². The average Bonchev–Trinajstić information content (AvgIpc) is 2.04.